The Balaban J connectivity index is 1.43. The van der Waals surface area contributed by atoms with E-state index in [1.807, 2.05) is 48.5 Å². The molecule has 0 amide bonds. The van der Waals surface area contributed by atoms with Crippen molar-refractivity contribution in [2.24, 2.45) is 0 Å². The van der Waals surface area contributed by atoms with Gasteiger partial charge in [0.2, 0.25) is 5.89 Å². The van der Waals surface area contributed by atoms with Crippen molar-refractivity contribution in [3.8, 4) is 17.2 Å². The summed E-state index contributed by atoms with van der Waals surface area (Å²) in [6.07, 6.45) is 2.27. The molecular formula is C24H24N4O4S. The molecule has 0 bridgehead atoms. The Labute approximate surface area is 192 Å². The molecule has 8 nitrogen and oxygen atoms in total. The van der Waals surface area contributed by atoms with Gasteiger partial charge in [-0.3, -0.25) is 8.99 Å². The molecule has 0 fully saturated rings. The van der Waals surface area contributed by atoms with Crippen LogP contribution in [0.4, 0.5) is 5.69 Å². The summed E-state index contributed by atoms with van der Waals surface area (Å²) in [6.45, 7) is 4.24. The van der Waals surface area contributed by atoms with Gasteiger partial charge in [-0.15, -0.1) is 0 Å². The van der Waals surface area contributed by atoms with Crippen molar-refractivity contribution < 1.29 is 17.6 Å². The Bertz CT molecular complexity index is 1420. The maximum Gasteiger partial charge on any atom is 0.268 e. The quantitative estimate of drug-likeness (QED) is 0.429. The molecule has 0 radical (unpaired) electrons. The van der Waals surface area contributed by atoms with Crippen LogP contribution in [0.25, 0.3) is 11.5 Å². The van der Waals surface area contributed by atoms with E-state index in [9.17, 15) is 8.42 Å². The lowest BCUT2D eigenvalue weighted by Crippen LogP contribution is -2.30. The number of rotatable bonds is 6. The van der Waals surface area contributed by atoms with Gasteiger partial charge in [0.25, 0.3) is 10.0 Å². The minimum absolute atomic E-state index is 0.248. The lowest BCUT2D eigenvalue weighted by atomic mass is 10.2. The van der Waals surface area contributed by atoms with Gasteiger partial charge < -0.3 is 9.15 Å². The van der Waals surface area contributed by atoms with E-state index in [4.69, 9.17) is 9.15 Å². The van der Waals surface area contributed by atoms with Gasteiger partial charge in [0, 0.05) is 12.1 Å². The Hall–Kier alpha value is -3.59. The van der Waals surface area contributed by atoms with E-state index in [1.54, 1.807) is 31.9 Å². The van der Waals surface area contributed by atoms with Gasteiger partial charge >= 0.3 is 0 Å². The molecule has 0 saturated heterocycles. The molecule has 5 rings (SSSR count). The summed E-state index contributed by atoms with van der Waals surface area (Å²) in [5.41, 5.74) is 4.30. The molecule has 0 aliphatic carbocycles. The first-order valence-corrected chi connectivity index (χ1v) is 12.1. The minimum atomic E-state index is -3.74. The zero-order valence-electron chi connectivity index (χ0n) is 18.6. The molecule has 1 aliphatic rings. The average Bonchev–Trinajstić information content (AvgIpc) is 3.52. The Morgan fingerprint density at radius 3 is 2.61 bits per heavy atom. The minimum Gasteiger partial charge on any atom is -0.497 e. The third-order valence-corrected chi connectivity index (χ3v) is 7.97. The van der Waals surface area contributed by atoms with Crippen LogP contribution in [0.3, 0.4) is 0 Å². The average molecular weight is 465 g/mol. The predicted octanol–water partition coefficient (Wildman–Crippen LogP) is 3.96. The number of sulfonamides is 1. The summed E-state index contributed by atoms with van der Waals surface area (Å²) in [6, 6.07) is 15.0. The van der Waals surface area contributed by atoms with Gasteiger partial charge in [0.15, 0.2) is 0 Å². The summed E-state index contributed by atoms with van der Waals surface area (Å²) >= 11 is 0. The van der Waals surface area contributed by atoms with E-state index in [-0.39, 0.29) is 4.90 Å². The number of hydrogen-bond acceptors (Lipinski definition) is 6. The lowest BCUT2D eigenvalue weighted by Gasteiger charge is -2.19. The van der Waals surface area contributed by atoms with Crippen molar-refractivity contribution in [3.63, 3.8) is 0 Å². The van der Waals surface area contributed by atoms with E-state index in [0.29, 0.717) is 42.5 Å². The molecule has 9 heteroatoms. The normalized spacial score (nSPS) is 13.4. The van der Waals surface area contributed by atoms with Gasteiger partial charge in [0.1, 0.15) is 22.6 Å². The number of nitrogens with zero attached hydrogens (tertiary/aromatic N) is 4. The van der Waals surface area contributed by atoms with Gasteiger partial charge in [-0.2, -0.15) is 5.10 Å². The molecular weight excluding hydrogens is 440 g/mol. The highest BCUT2D eigenvalue weighted by Crippen LogP contribution is 2.34. The van der Waals surface area contributed by atoms with Gasteiger partial charge in [0.05, 0.1) is 30.7 Å². The Kier molecular flexibility index (Phi) is 5.20. The van der Waals surface area contributed by atoms with E-state index in [0.717, 1.165) is 22.6 Å². The number of aryl methyl sites for hydroxylation is 1. The lowest BCUT2D eigenvalue weighted by molar-refractivity contribution is 0.415. The Morgan fingerprint density at radius 2 is 1.85 bits per heavy atom. The van der Waals surface area contributed by atoms with Crippen molar-refractivity contribution in [3.05, 3.63) is 77.4 Å². The van der Waals surface area contributed by atoms with Crippen LogP contribution in [0, 0.1) is 13.8 Å². The van der Waals surface area contributed by atoms with Crippen LogP contribution in [0.5, 0.6) is 5.75 Å². The zero-order valence-corrected chi connectivity index (χ0v) is 19.5. The summed E-state index contributed by atoms with van der Waals surface area (Å²) in [5.74, 6) is 1.23. The van der Waals surface area contributed by atoms with Crippen molar-refractivity contribution in [1.29, 1.82) is 0 Å². The molecule has 33 heavy (non-hydrogen) atoms. The van der Waals surface area contributed by atoms with E-state index in [2.05, 4.69) is 10.1 Å². The Morgan fingerprint density at radius 1 is 1.09 bits per heavy atom. The molecule has 2 aromatic heterocycles. The van der Waals surface area contributed by atoms with Crippen LogP contribution < -0.4 is 9.04 Å². The highest BCUT2D eigenvalue weighted by atomic mass is 32.2. The molecule has 0 atom stereocenters. The first-order valence-electron chi connectivity index (χ1n) is 10.6. The molecule has 170 valence electrons. The van der Waals surface area contributed by atoms with Crippen LogP contribution in [0.15, 0.2) is 64.1 Å². The van der Waals surface area contributed by atoms with Crippen LogP contribution in [0.2, 0.25) is 0 Å². The second kappa shape index (κ2) is 8.08. The number of benzene rings is 2. The third-order valence-electron chi connectivity index (χ3n) is 5.91. The first-order chi connectivity index (χ1) is 15.9. The van der Waals surface area contributed by atoms with E-state index in [1.165, 1.54) is 4.31 Å². The highest BCUT2D eigenvalue weighted by molar-refractivity contribution is 7.93. The highest BCUT2D eigenvalue weighted by Gasteiger charge is 2.35. The number of fused-ring (bicyclic) bond motifs is 1. The smallest absolute Gasteiger partial charge is 0.268 e. The van der Waals surface area contributed by atoms with Crippen molar-refractivity contribution in [2.75, 3.05) is 18.0 Å². The summed E-state index contributed by atoms with van der Waals surface area (Å²) < 4.78 is 41.1. The second-order valence-electron chi connectivity index (χ2n) is 7.99. The zero-order chi connectivity index (χ0) is 23.2. The van der Waals surface area contributed by atoms with Crippen LogP contribution in [-0.2, 0) is 23.0 Å². The van der Waals surface area contributed by atoms with Crippen molar-refractivity contribution in [2.45, 2.75) is 31.7 Å². The van der Waals surface area contributed by atoms with Crippen LogP contribution in [-0.4, -0.2) is 36.8 Å². The number of anilines is 1. The molecule has 2 aromatic carbocycles. The topological polar surface area (TPSA) is 90.5 Å². The van der Waals surface area contributed by atoms with Crippen LogP contribution in [0.1, 0.15) is 22.6 Å². The number of methoxy groups -OCH3 is 1. The molecule has 0 unspecified atom stereocenters. The summed E-state index contributed by atoms with van der Waals surface area (Å²) in [7, 11) is -2.12. The van der Waals surface area contributed by atoms with Crippen molar-refractivity contribution >= 4 is 15.7 Å². The number of para-hydroxylation sites is 1. The van der Waals surface area contributed by atoms with Gasteiger partial charge in [-0.1, -0.05) is 18.2 Å². The van der Waals surface area contributed by atoms with Gasteiger partial charge in [-0.05, 0) is 56.2 Å². The maximum atomic E-state index is 13.6. The molecule has 0 saturated carbocycles. The molecule has 1 aliphatic heterocycles. The predicted molar refractivity (Wildman–Crippen MR) is 124 cm³/mol. The van der Waals surface area contributed by atoms with Gasteiger partial charge in [-0.25, -0.2) is 13.4 Å². The maximum absolute atomic E-state index is 13.6. The van der Waals surface area contributed by atoms with E-state index < -0.39 is 10.0 Å². The molecule has 0 N–H and O–H groups in total. The van der Waals surface area contributed by atoms with E-state index >= 15 is 0 Å². The standard InChI is InChI=1S/C24H24N4O4S/c1-16-23(33(29,30)28-13-12-18-6-4-5-7-22(18)28)17(2)27(26-16)14-20-15-32-24(25-20)19-8-10-21(31-3)11-9-19/h4-11,15H,12-14H2,1-3H3. The SMILES string of the molecule is COc1ccc(-c2nc(Cn3nc(C)c(S(=O)(=O)N4CCc5ccccc54)c3C)co2)cc1. The molecule has 0 spiro atoms. The third kappa shape index (κ3) is 3.68. The first kappa shape index (κ1) is 21.3. The second-order valence-corrected chi connectivity index (χ2v) is 9.79. The fraction of sp³-hybridized carbons (Fsp3) is 0.250. The van der Waals surface area contributed by atoms with Crippen LogP contribution >= 0.6 is 0 Å². The van der Waals surface area contributed by atoms with Crippen molar-refractivity contribution in [1.82, 2.24) is 14.8 Å². The fourth-order valence-corrected chi connectivity index (χ4v) is 6.16. The fourth-order valence-electron chi connectivity index (χ4n) is 4.27. The summed E-state index contributed by atoms with van der Waals surface area (Å²) in [4.78, 5) is 4.80. The summed E-state index contributed by atoms with van der Waals surface area (Å²) in [5, 5.41) is 4.52. The number of aromatic nitrogens is 3. The largest absolute Gasteiger partial charge is 0.497 e. The molecule has 4 aromatic rings. The molecule has 3 heterocycles. The number of hydrogen-bond donors (Lipinski definition) is 0. The number of oxazole rings is 1. The number of ether oxygens (including phenoxy) is 1. The monoisotopic (exact) mass is 464 g/mol.